The second-order valence-electron chi connectivity index (χ2n) is 5.39. The average molecular weight is 372 g/mol. The van der Waals surface area contributed by atoms with Crippen molar-refractivity contribution in [2.24, 2.45) is 0 Å². The lowest BCUT2D eigenvalue weighted by Gasteiger charge is -2.09. The number of hydrogen-bond acceptors (Lipinski definition) is 3. The molecule has 0 aromatic heterocycles. The molecule has 0 aliphatic rings. The van der Waals surface area contributed by atoms with E-state index in [4.69, 9.17) is 21.1 Å². The Hall–Kier alpha value is -3.05. The maximum Gasteiger partial charge on any atom is 0.417 e. The van der Waals surface area contributed by atoms with Gasteiger partial charge in [0.15, 0.2) is 0 Å². The Balaban J connectivity index is 1.53. The number of ether oxygens (including phenoxy) is 2. The highest BCUT2D eigenvalue weighted by Crippen LogP contribution is 2.21. The van der Waals surface area contributed by atoms with Crippen LogP contribution in [0.1, 0.15) is 5.56 Å². The van der Waals surface area contributed by atoms with Crippen LogP contribution < -0.4 is 14.8 Å². The Morgan fingerprint density at radius 1 is 0.962 bits per heavy atom. The Morgan fingerprint density at radius 2 is 1.65 bits per heavy atom. The molecule has 1 amide bonds. The Morgan fingerprint density at radius 3 is 2.35 bits per heavy atom. The molecule has 26 heavy (non-hydrogen) atoms. The van der Waals surface area contributed by atoms with Gasteiger partial charge in [0.2, 0.25) is 0 Å². The molecule has 0 fully saturated rings. The van der Waals surface area contributed by atoms with E-state index in [1.54, 1.807) is 24.3 Å². The fourth-order valence-electron chi connectivity index (χ4n) is 2.17. The zero-order valence-corrected chi connectivity index (χ0v) is 14.4. The van der Waals surface area contributed by atoms with Gasteiger partial charge in [-0.1, -0.05) is 41.9 Å². The van der Waals surface area contributed by atoms with E-state index in [1.165, 1.54) is 12.1 Å². The maximum atomic E-state index is 13.1. The van der Waals surface area contributed by atoms with Crippen LogP contribution in [-0.4, -0.2) is 6.09 Å². The third kappa shape index (κ3) is 4.97. The first kappa shape index (κ1) is 17.8. The number of carbonyl (C=O) groups is 1. The molecule has 0 aliphatic carbocycles. The Kier molecular flexibility index (Phi) is 5.71. The summed E-state index contributed by atoms with van der Waals surface area (Å²) in [5.74, 6) is 0.450. The van der Waals surface area contributed by atoms with E-state index >= 15 is 0 Å². The molecule has 0 aliphatic heterocycles. The average Bonchev–Trinajstić information content (AvgIpc) is 2.65. The molecule has 4 nitrogen and oxygen atoms in total. The van der Waals surface area contributed by atoms with Crippen molar-refractivity contribution in [3.8, 4) is 11.5 Å². The maximum absolute atomic E-state index is 13.1. The van der Waals surface area contributed by atoms with E-state index in [1.807, 2.05) is 30.3 Å². The summed E-state index contributed by atoms with van der Waals surface area (Å²) < 4.78 is 23.9. The summed E-state index contributed by atoms with van der Waals surface area (Å²) in [6.45, 7) is 0.451. The first-order valence-corrected chi connectivity index (χ1v) is 8.18. The number of halogens is 2. The van der Waals surface area contributed by atoms with Crippen LogP contribution in [0.15, 0.2) is 72.8 Å². The second kappa shape index (κ2) is 8.36. The van der Waals surface area contributed by atoms with Crippen LogP contribution >= 0.6 is 11.6 Å². The van der Waals surface area contributed by atoms with Gasteiger partial charge in [0.1, 0.15) is 23.9 Å². The second-order valence-corrected chi connectivity index (χ2v) is 5.80. The molecule has 0 radical (unpaired) electrons. The summed E-state index contributed by atoms with van der Waals surface area (Å²) in [5.41, 5.74) is 1.40. The molecular formula is C20H15ClFNO3. The number of rotatable bonds is 5. The van der Waals surface area contributed by atoms with E-state index < -0.39 is 11.9 Å². The quantitative estimate of drug-likeness (QED) is 0.628. The normalized spacial score (nSPS) is 10.2. The molecule has 0 spiro atoms. The number of anilines is 1. The monoisotopic (exact) mass is 371 g/mol. The molecule has 0 saturated carbocycles. The fourth-order valence-corrected chi connectivity index (χ4v) is 2.35. The van der Waals surface area contributed by atoms with E-state index in [0.29, 0.717) is 23.8 Å². The molecule has 132 valence electrons. The number of amides is 1. The van der Waals surface area contributed by atoms with Gasteiger partial charge in [0.05, 0.1) is 5.02 Å². The number of carbonyl (C=O) groups excluding carboxylic acids is 1. The summed E-state index contributed by atoms with van der Waals surface area (Å²) >= 11 is 5.67. The zero-order chi connectivity index (χ0) is 18.4. The molecule has 6 heteroatoms. The van der Waals surface area contributed by atoms with E-state index in [2.05, 4.69) is 5.32 Å². The zero-order valence-electron chi connectivity index (χ0n) is 13.6. The lowest BCUT2D eigenvalue weighted by atomic mass is 10.2. The fraction of sp³-hybridized carbons (Fsp3) is 0.0500. The molecule has 0 atom stereocenters. The summed E-state index contributed by atoms with van der Waals surface area (Å²) in [4.78, 5) is 11.9. The molecule has 3 rings (SSSR count). The summed E-state index contributed by atoms with van der Waals surface area (Å²) in [6.07, 6.45) is -0.703. The van der Waals surface area contributed by atoms with Crippen molar-refractivity contribution in [3.05, 3.63) is 89.2 Å². The lowest BCUT2D eigenvalue weighted by molar-refractivity contribution is 0.215. The molecule has 1 N–H and O–H groups in total. The molecule has 0 bridgehead atoms. The van der Waals surface area contributed by atoms with Crippen molar-refractivity contribution in [2.45, 2.75) is 6.61 Å². The lowest BCUT2D eigenvalue weighted by Crippen LogP contribution is -2.16. The van der Waals surface area contributed by atoms with Crippen molar-refractivity contribution in [3.63, 3.8) is 0 Å². The Bertz CT molecular complexity index is 885. The predicted molar refractivity (Wildman–Crippen MR) is 98.3 cm³/mol. The van der Waals surface area contributed by atoms with Crippen molar-refractivity contribution < 1.29 is 18.7 Å². The third-order valence-corrected chi connectivity index (χ3v) is 3.74. The first-order chi connectivity index (χ1) is 12.6. The van der Waals surface area contributed by atoms with Gasteiger partial charge in [-0.15, -0.1) is 0 Å². The van der Waals surface area contributed by atoms with E-state index in [-0.39, 0.29) is 5.02 Å². The molecular weight excluding hydrogens is 357 g/mol. The highest BCUT2D eigenvalue weighted by atomic mass is 35.5. The standard InChI is InChI=1S/C20H15ClFNO3/c21-18-12-15(6-11-19(18)22)23-20(24)26-17-9-7-16(8-10-17)25-13-14-4-2-1-3-5-14/h1-12H,13H2,(H,23,24). The summed E-state index contributed by atoms with van der Waals surface area (Å²) in [5, 5.41) is 2.40. The van der Waals surface area contributed by atoms with Gasteiger partial charge in [-0.25, -0.2) is 9.18 Å². The molecule has 3 aromatic carbocycles. The van der Waals surface area contributed by atoms with Crippen LogP contribution in [0.2, 0.25) is 5.02 Å². The molecule has 3 aromatic rings. The number of nitrogens with one attached hydrogen (secondary N) is 1. The van der Waals surface area contributed by atoms with Crippen LogP contribution in [0.25, 0.3) is 0 Å². The van der Waals surface area contributed by atoms with Crippen molar-refractivity contribution in [1.29, 1.82) is 0 Å². The number of hydrogen-bond donors (Lipinski definition) is 1. The Labute approximate surface area is 155 Å². The minimum atomic E-state index is -0.703. The minimum absolute atomic E-state index is 0.0808. The smallest absolute Gasteiger partial charge is 0.417 e. The van der Waals surface area contributed by atoms with Gasteiger partial charge in [-0.2, -0.15) is 0 Å². The molecule has 0 unspecified atom stereocenters. The van der Waals surface area contributed by atoms with Gasteiger partial charge < -0.3 is 9.47 Å². The minimum Gasteiger partial charge on any atom is -0.489 e. The van der Waals surface area contributed by atoms with Gasteiger partial charge in [-0.05, 0) is 48.0 Å². The van der Waals surface area contributed by atoms with E-state index in [9.17, 15) is 9.18 Å². The van der Waals surface area contributed by atoms with Crippen LogP contribution in [0.3, 0.4) is 0 Å². The molecule has 0 saturated heterocycles. The first-order valence-electron chi connectivity index (χ1n) is 7.81. The third-order valence-electron chi connectivity index (χ3n) is 3.45. The van der Waals surface area contributed by atoms with Gasteiger partial charge >= 0.3 is 6.09 Å². The topological polar surface area (TPSA) is 47.6 Å². The van der Waals surface area contributed by atoms with Gasteiger partial charge in [0, 0.05) is 5.69 Å². The largest absolute Gasteiger partial charge is 0.489 e. The highest BCUT2D eigenvalue weighted by molar-refractivity contribution is 6.31. The highest BCUT2D eigenvalue weighted by Gasteiger charge is 2.07. The number of benzene rings is 3. The van der Waals surface area contributed by atoms with Crippen LogP contribution in [-0.2, 0) is 6.61 Å². The molecule has 0 heterocycles. The van der Waals surface area contributed by atoms with Crippen molar-refractivity contribution in [1.82, 2.24) is 0 Å². The summed E-state index contributed by atoms with van der Waals surface area (Å²) in [7, 11) is 0. The van der Waals surface area contributed by atoms with Gasteiger partial charge in [0.25, 0.3) is 0 Å². The van der Waals surface area contributed by atoms with Gasteiger partial charge in [-0.3, -0.25) is 5.32 Å². The summed E-state index contributed by atoms with van der Waals surface area (Å²) in [6, 6.07) is 20.3. The van der Waals surface area contributed by atoms with Crippen LogP contribution in [0.5, 0.6) is 11.5 Å². The van der Waals surface area contributed by atoms with Crippen LogP contribution in [0.4, 0.5) is 14.9 Å². The van der Waals surface area contributed by atoms with Crippen LogP contribution in [0, 0.1) is 5.82 Å². The van der Waals surface area contributed by atoms with E-state index in [0.717, 1.165) is 11.6 Å². The predicted octanol–water partition coefficient (Wildman–Crippen LogP) is 5.67. The van der Waals surface area contributed by atoms with Crippen molar-refractivity contribution in [2.75, 3.05) is 5.32 Å². The van der Waals surface area contributed by atoms with Crippen molar-refractivity contribution >= 4 is 23.4 Å². The SMILES string of the molecule is O=C(Nc1ccc(F)c(Cl)c1)Oc1ccc(OCc2ccccc2)cc1.